The fourth-order valence-corrected chi connectivity index (χ4v) is 2.71. The molecule has 0 amide bonds. The maximum atomic E-state index is 9.30. The maximum absolute atomic E-state index is 9.30. The van der Waals surface area contributed by atoms with Crippen LogP contribution in [0.5, 0.6) is 0 Å². The van der Waals surface area contributed by atoms with Crippen molar-refractivity contribution in [2.45, 2.75) is 31.8 Å². The van der Waals surface area contributed by atoms with Gasteiger partial charge in [-0.2, -0.15) is 10.5 Å². The molecule has 1 unspecified atom stereocenters. The average molecular weight is 268 g/mol. The second-order valence-electron chi connectivity index (χ2n) is 5.97. The lowest BCUT2D eigenvalue weighted by Gasteiger charge is -2.50. The van der Waals surface area contributed by atoms with E-state index in [-0.39, 0.29) is 11.6 Å². The number of benzene rings is 1. The summed E-state index contributed by atoms with van der Waals surface area (Å²) in [6.45, 7) is 6.03. The lowest BCUT2D eigenvalue weighted by Crippen LogP contribution is -2.62. The predicted molar refractivity (Wildman–Crippen MR) is 79.2 cm³/mol. The molecule has 4 nitrogen and oxygen atoms in total. The van der Waals surface area contributed by atoms with Crippen molar-refractivity contribution in [1.82, 2.24) is 4.90 Å². The Bertz CT molecular complexity index is 565. The molecule has 1 atom stereocenters. The Labute approximate surface area is 120 Å². The lowest BCUT2D eigenvalue weighted by molar-refractivity contribution is 0.115. The average Bonchev–Trinajstić information content (AvgIpc) is 2.43. The molecular formula is C16H20N4. The van der Waals surface area contributed by atoms with Crippen molar-refractivity contribution in [2.75, 3.05) is 25.0 Å². The lowest BCUT2D eigenvalue weighted by atomic mass is 9.94. The van der Waals surface area contributed by atoms with Crippen LogP contribution in [0.25, 0.3) is 0 Å². The third-order valence-electron chi connectivity index (χ3n) is 4.18. The number of rotatable bonds is 2. The molecule has 4 heteroatoms. The minimum Gasteiger partial charge on any atom is -0.363 e. The van der Waals surface area contributed by atoms with Crippen molar-refractivity contribution in [2.24, 2.45) is 0 Å². The molecule has 2 rings (SSSR count). The molecule has 0 N–H and O–H groups in total. The summed E-state index contributed by atoms with van der Waals surface area (Å²) in [7, 11) is 2.10. The van der Waals surface area contributed by atoms with Crippen molar-refractivity contribution < 1.29 is 0 Å². The van der Waals surface area contributed by atoms with E-state index >= 15 is 0 Å². The van der Waals surface area contributed by atoms with E-state index in [1.807, 2.05) is 24.3 Å². The van der Waals surface area contributed by atoms with Crippen LogP contribution in [0.2, 0.25) is 0 Å². The Morgan fingerprint density at radius 3 is 2.65 bits per heavy atom. The first-order valence-corrected chi connectivity index (χ1v) is 6.83. The summed E-state index contributed by atoms with van der Waals surface area (Å²) in [5, 5.41) is 18.4. The van der Waals surface area contributed by atoms with Crippen LogP contribution in [0.3, 0.4) is 0 Å². The number of hydrogen-bond acceptors (Lipinski definition) is 4. The number of hydrogen-bond donors (Lipinski definition) is 0. The van der Waals surface area contributed by atoms with Crippen molar-refractivity contribution in [3.05, 3.63) is 29.8 Å². The van der Waals surface area contributed by atoms with E-state index in [1.165, 1.54) is 0 Å². The molecule has 1 aliphatic heterocycles. The number of para-hydroxylation sites is 1. The Kier molecular flexibility index (Phi) is 3.97. The van der Waals surface area contributed by atoms with Crippen LogP contribution in [-0.4, -0.2) is 36.6 Å². The second-order valence-corrected chi connectivity index (χ2v) is 5.97. The molecule has 1 fully saturated rings. The van der Waals surface area contributed by atoms with Crippen molar-refractivity contribution in [3.63, 3.8) is 0 Å². The van der Waals surface area contributed by atoms with Gasteiger partial charge in [0.1, 0.15) is 6.07 Å². The summed E-state index contributed by atoms with van der Waals surface area (Å²) >= 11 is 0. The molecule has 0 radical (unpaired) electrons. The van der Waals surface area contributed by atoms with Gasteiger partial charge in [-0.15, -0.1) is 0 Å². The predicted octanol–water partition coefficient (Wildman–Crippen LogP) is 2.37. The fourth-order valence-electron chi connectivity index (χ4n) is 2.71. The molecule has 20 heavy (non-hydrogen) atoms. The Balaban J connectivity index is 2.40. The van der Waals surface area contributed by atoms with E-state index in [9.17, 15) is 5.26 Å². The van der Waals surface area contributed by atoms with Gasteiger partial charge in [-0.05, 0) is 33.0 Å². The molecule has 0 aromatic heterocycles. The summed E-state index contributed by atoms with van der Waals surface area (Å²) in [5.74, 6) is 0. The van der Waals surface area contributed by atoms with Gasteiger partial charge in [0.05, 0.1) is 29.8 Å². The zero-order valence-electron chi connectivity index (χ0n) is 12.3. The molecule has 1 heterocycles. The van der Waals surface area contributed by atoms with Gasteiger partial charge in [0.2, 0.25) is 0 Å². The summed E-state index contributed by atoms with van der Waals surface area (Å²) in [6, 6.07) is 12.3. The topological polar surface area (TPSA) is 54.1 Å². The Hall–Kier alpha value is -2.04. The summed E-state index contributed by atoms with van der Waals surface area (Å²) in [4.78, 5) is 4.52. The fraction of sp³-hybridized carbons (Fsp3) is 0.500. The molecule has 104 valence electrons. The quantitative estimate of drug-likeness (QED) is 0.826. The van der Waals surface area contributed by atoms with Crippen molar-refractivity contribution >= 4 is 5.69 Å². The van der Waals surface area contributed by atoms with Gasteiger partial charge in [0, 0.05) is 18.6 Å². The van der Waals surface area contributed by atoms with Crippen molar-refractivity contribution in [1.29, 1.82) is 10.5 Å². The SMILES string of the molecule is CN1CC(CC#N)N(c2ccccc2C#N)CC1(C)C. The molecular weight excluding hydrogens is 248 g/mol. The molecule has 0 spiro atoms. The smallest absolute Gasteiger partial charge is 0.101 e. The largest absolute Gasteiger partial charge is 0.363 e. The number of nitriles is 2. The Morgan fingerprint density at radius 1 is 1.30 bits per heavy atom. The highest BCUT2D eigenvalue weighted by Gasteiger charge is 2.37. The van der Waals surface area contributed by atoms with Gasteiger partial charge in [-0.25, -0.2) is 0 Å². The maximum Gasteiger partial charge on any atom is 0.101 e. The number of nitrogens with zero attached hydrogens (tertiary/aromatic N) is 4. The van der Waals surface area contributed by atoms with Crippen LogP contribution in [0.4, 0.5) is 5.69 Å². The van der Waals surface area contributed by atoms with E-state index < -0.39 is 0 Å². The monoisotopic (exact) mass is 268 g/mol. The van der Waals surface area contributed by atoms with Crippen LogP contribution in [-0.2, 0) is 0 Å². The first kappa shape index (κ1) is 14.4. The van der Waals surface area contributed by atoms with Crippen molar-refractivity contribution in [3.8, 4) is 12.1 Å². The number of anilines is 1. The van der Waals surface area contributed by atoms with E-state index in [2.05, 4.69) is 42.8 Å². The van der Waals surface area contributed by atoms with E-state index in [0.29, 0.717) is 12.0 Å². The normalized spacial score (nSPS) is 22.1. The van der Waals surface area contributed by atoms with Crippen LogP contribution < -0.4 is 4.90 Å². The van der Waals surface area contributed by atoms with Crippen LogP contribution in [0, 0.1) is 22.7 Å². The molecule has 0 aliphatic carbocycles. The summed E-state index contributed by atoms with van der Waals surface area (Å²) in [5.41, 5.74) is 1.64. The number of piperazine rings is 1. The van der Waals surface area contributed by atoms with Crippen LogP contribution in [0.1, 0.15) is 25.8 Å². The van der Waals surface area contributed by atoms with Gasteiger partial charge in [-0.3, -0.25) is 4.90 Å². The highest BCUT2D eigenvalue weighted by atomic mass is 15.3. The first-order valence-electron chi connectivity index (χ1n) is 6.83. The minimum atomic E-state index is 0.0223. The highest BCUT2D eigenvalue weighted by Crippen LogP contribution is 2.31. The summed E-state index contributed by atoms with van der Waals surface area (Å²) in [6.07, 6.45) is 0.472. The molecule has 1 saturated heterocycles. The van der Waals surface area contributed by atoms with Gasteiger partial charge in [0.25, 0.3) is 0 Å². The number of likely N-dealkylation sites (N-methyl/N-ethyl adjacent to an activating group) is 1. The van der Waals surface area contributed by atoms with E-state index in [0.717, 1.165) is 18.8 Å². The van der Waals surface area contributed by atoms with E-state index in [1.54, 1.807) is 0 Å². The van der Waals surface area contributed by atoms with Crippen LogP contribution >= 0.6 is 0 Å². The van der Waals surface area contributed by atoms with Gasteiger partial charge in [-0.1, -0.05) is 12.1 Å². The minimum absolute atomic E-state index is 0.0223. The third kappa shape index (κ3) is 2.61. The first-order chi connectivity index (χ1) is 9.49. The third-order valence-corrected chi connectivity index (χ3v) is 4.18. The molecule has 1 aromatic rings. The molecule has 1 aromatic carbocycles. The molecule has 0 saturated carbocycles. The zero-order chi connectivity index (χ0) is 14.8. The molecule has 1 aliphatic rings. The van der Waals surface area contributed by atoms with E-state index in [4.69, 9.17) is 5.26 Å². The van der Waals surface area contributed by atoms with Gasteiger partial charge >= 0.3 is 0 Å². The molecule has 0 bridgehead atoms. The van der Waals surface area contributed by atoms with Gasteiger partial charge < -0.3 is 4.90 Å². The van der Waals surface area contributed by atoms with Crippen LogP contribution in [0.15, 0.2) is 24.3 Å². The van der Waals surface area contributed by atoms with Gasteiger partial charge in [0.15, 0.2) is 0 Å². The highest BCUT2D eigenvalue weighted by molar-refractivity contribution is 5.60. The standard InChI is InChI=1S/C16H20N4/c1-16(2)12-20(14(8-9-17)11-19(16)3)15-7-5-4-6-13(15)10-18/h4-7,14H,8,11-12H2,1-3H3. The zero-order valence-corrected chi connectivity index (χ0v) is 12.3. The Morgan fingerprint density at radius 2 is 2.00 bits per heavy atom. The summed E-state index contributed by atoms with van der Waals surface area (Å²) < 4.78 is 0. The second kappa shape index (κ2) is 5.53.